The van der Waals surface area contributed by atoms with Gasteiger partial charge >= 0.3 is 0 Å². The summed E-state index contributed by atoms with van der Waals surface area (Å²) in [6.07, 6.45) is 3.50. The lowest BCUT2D eigenvalue weighted by Gasteiger charge is -2.08. The summed E-state index contributed by atoms with van der Waals surface area (Å²) in [5.41, 5.74) is 2.07. The molecule has 0 aliphatic carbocycles. The van der Waals surface area contributed by atoms with Crippen LogP contribution in [-0.4, -0.2) is 27.1 Å². The fourth-order valence-corrected chi connectivity index (χ4v) is 3.13. The van der Waals surface area contributed by atoms with Crippen LogP contribution in [-0.2, 0) is 11.8 Å². The SMILES string of the molecule is Cn1ccnc1SCC(=O)Nc1ccc(C(=O)Nc2cccc(C#N)c2)cc1. The van der Waals surface area contributed by atoms with Crippen LogP contribution >= 0.6 is 11.8 Å². The normalized spacial score (nSPS) is 10.1. The molecular formula is C20H17N5O2S. The monoisotopic (exact) mass is 391 g/mol. The summed E-state index contributed by atoms with van der Waals surface area (Å²) < 4.78 is 1.84. The van der Waals surface area contributed by atoms with Crippen LogP contribution < -0.4 is 10.6 Å². The van der Waals surface area contributed by atoms with Gasteiger partial charge in [-0.1, -0.05) is 17.8 Å². The zero-order valence-corrected chi connectivity index (χ0v) is 15.9. The van der Waals surface area contributed by atoms with E-state index in [9.17, 15) is 9.59 Å². The van der Waals surface area contributed by atoms with E-state index in [1.807, 2.05) is 23.9 Å². The maximum Gasteiger partial charge on any atom is 0.255 e. The maximum absolute atomic E-state index is 12.3. The number of nitrogens with one attached hydrogen (secondary N) is 2. The van der Waals surface area contributed by atoms with Gasteiger partial charge in [-0.05, 0) is 42.5 Å². The van der Waals surface area contributed by atoms with Crippen molar-refractivity contribution in [1.82, 2.24) is 9.55 Å². The molecule has 1 heterocycles. The highest BCUT2D eigenvalue weighted by atomic mass is 32.2. The maximum atomic E-state index is 12.3. The number of nitriles is 1. The lowest BCUT2D eigenvalue weighted by Crippen LogP contribution is -2.15. The number of aryl methyl sites for hydroxylation is 1. The summed E-state index contributed by atoms with van der Waals surface area (Å²) in [4.78, 5) is 28.5. The molecule has 0 unspecified atom stereocenters. The minimum atomic E-state index is -0.293. The third-order valence-electron chi connectivity index (χ3n) is 3.79. The van der Waals surface area contributed by atoms with Gasteiger partial charge in [0.25, 0.3) is 5.91 Å². The second-order valence-corrected chi connectivity index (χ2v) is 6.82. The number of rotatable bonds is 6. The molecule has 8 heteroatoms. The minimum absolute atomic E-state index is 0.154. The van der Waals surface area contributed by atoms with Crippen molar-refractivity contribution in [3.8, 4) is 6.07 Å². The van der Waals surface area contributed by atoms with E-state index < -0.39 is 0 Å². The number of amides is 2. The number of anilines is 2. The van der Waals surface area contributed by atoms with Gasteiger partial charge in [0, 0.05) is 36.4 Å². The van der Waals surface area contributed by atoms with E-state index in [0.717, 1.165) is 5.16 Å². The summed E-state index contributed by atoms with van der Waals surface area (Å²) in [6, 6.07) is 15.3. The van der Waals surface area contributed by atoms with Crippen LogP contribution in [0.15, 0.2) is 66.1 Å². The van der Waals surface area contributed by atoms with Crippen molar-refractivity contribution in [1.29, 1.82) is 5.26 Å². The first-order valence-corrected chi connectivity index (χ1v) is 9.35. The molecule has 2 amide bonds. The largest absolute Gasteiger partial charge is 0.329 e. The molecule has 0 aliphatic heterocycles. The highest BCUT2D eigenvalue weighted by Gasteiger charge is 2.09. The number of carbonyl (C=O) groups excluding carboxylic acids is 2. The van der Waals surface area contributed by atoms with Crippen LogP contribution in [0.3, 0.4) is 0 Å². The van der Waals surface area contributed by atoms with Gasteiger partial charge in [-0.2, -0.15) is 5.26 Å². The Kier molecular flexibility index (Phi) is 6.09. The van der Waals surface area contributed by atoms with E-state index >= 15 is 0 Å². The first kappa shape index (κ1) is 19.2. The average Bonchev–Trinajstić information content (AvgIpc) is 3.12. The number of nitrogens with zero attached hydrogens (tertiary/aromatic N) is 3. The Bertz CT molecular complexity index is 1040. The Morgan fingerprint density at radius 1 is 1.14 bits per heavy atom. The third kappa shape index (κ3) is 4.99. The van der Waals surface area contributed by atoms with Gasteiger partial charge in [-0.15, -0.1) is 0 Å². The van der Waals surface area contributed by atoms with Gasteiger partial charge in [-0.25, -0.2) is 4.98 Å². The summed E-state index contributed by atoms with van der Waals surface area (Å²) >= 11 is 1.35. The highest BCUT2D eigenvalue weighted by molar-refractivity contribution is 7.99. The third-order valence-corrected chi connectivity index (χ3v) is 4.85. The molecule has 2 N–H and O–H groups in total. The molecule has 140 valence electrons. The van der Waals surface area contributed by atoms with Crippen molar-refractivity contribution in [2.24, 2.45) is 7.05 Å². The molecule has 0 radical (unpaired) electrons. The molecule has 3 rings (SSSR count). The standard InChI is InChI=1S/C20H17N5O2S/c1-25-10-9-22-20(25)28-13-18(26)23-16-7-5-15(6-8-16)19(27)24-17-4-2-3-14(11-17)12-21/h2-11H,13H2,1H3,(H,23,26)(H,24,27). The van der Waals surface area contributed by atoms with Gasteiger partial charge in [0.05, 0.1) is 17.4 Å². The number of hydrogen-bond acceptors (Lipinski definition) is 5. The van der Waals surface area contributed by atoms with Gasteiger partial charge in [0.1, 0.15) is 0 Å². The van der Waals surface area contributed by atoms with E-state index in [-0.39, 0.29) is 17.6 Å². The second-order valence-electron chi connectivity index (χ2n) is 5.88. The zero-order chi connectivity index (χ0) is 19.9. The molecule has 28 heavy (non-hydrogen) atoms. The zero-order valence-electron chi connectivity index (χ0n) is 15.0. The molecule has 3 aromatic rings. The molecule has 2 aromatic carbocycles. The molecule has 1 aromatic heterocycles. The molecular weight excluding hydrogens is 374 g/mol. The topological polar surface area (TPSA) is 99.8 Å². The summed E-state index contributed by atoms with van der Waals surface area (Å²) in [5, 5.41) is 15.2. The molecule has 0 bridgehead atoms. The number of hydrogen-bond donors (Lipinski definition) is 2. The van der Waals surface area contributed by atoms with E-state index in [0.29, 0.717) is 22.5 Å². The number of imidazole rings is 1. The number of benzene rings is 2. The molecule has 7 nitrogen and oxygen atoms in total. The molecule has 0 fully saturated rings. The van der Waals surface area contributed by atoms with Crippen LogP contribution in [0.1, 0.15) is 15.9 Å². The van der Waals surface area contributed by atoms with Crippen molar-refractivity contribution < 1.29 is 9.59 Å². The molecule has 0 spiro atoms. The van der Waals surface area contributed by atoms with Crippen LogP contribution in [0, 0.1) is 11.3 Å². The van der Waals surface area contributed by atoms with E-state index in [4.69, 9.17) is 5.26 Å². The van der Waals surface area contributed by atoms with Crippen molar-refractivity contribution in [3.63, 3.8) is 0 Å². The van der Waals surface area contributed by atoms with Crippen LogP contribution in [0.25, 0.3) is 0 Å². The van der Waals surface area contributed by atoms with Crippen LogP contribution in [0.2, 0.25) is 0 Å². The predicted molar refractivity (Wildman–Crippen MR) is 108 cm³/mol. The van der Waals surface area contributed by atoms with Gasteiger partial charge < -0.3 is 15.2 Å². The van der Waals surface area contributed by atoms with Crippen molar-refractivity contribution in [3.05, 3.63) is 72.1 Å². The van der Waals surface area contributed by atoms with Crippen molar-refractivity contribution >= 4 is 35.0 Å². The average molecular weight is 391 g/mol. The first-order valence-electron chi connectivity index (χ1n) is 8.37. The second kappa shape index (κ2) is 8.88. The summed E-state index contributed by atoms with van der Waals surface area (Å²) in [6.45, 7) is 0. The Hall–Kier alpha value is -3.57. The van der Waals surface area contributed by atoms with Crippen molar-refractivity contribution in [2.45, 2.75) is 5.16 Å². The smallest absolute Gasteiger partial charge is 0.255 e. The fraction of sp³-hybridized carbons (Fsp3) is 0.100. The lowest BCUT2D eigenvalue weighted by molar-refractivity contribution is -0.113. The van der Waals surface area contributed by atoms with Gasteiger partial charge in [0.15, 0.2) is 5.16 Å². The van der Waals surface area contributed by atoms with Gasteiger partial charge in [-0.3, -0.25) is 9.59 Å². The van der Waals surface area contributed by atoms with Crippen LogP contribution in [0.5, 0.6) is 0 Å². The van der Waals surface area contributed by atoms with Crippen LogP contribution in [0.4, 0.5) is 11.4 Å². The Balaban J connectivity index is 1.55. The number of carbonyl (C=O) groups is 2. The predicted octanol–water partition coefficient (Wildman–Crippen LogP) is 3.27. The Morgan fingerprint density at radius 3 is 2.61 bits per heavy atom. The fourth-order valence-electron chi connectivity index (χ4n) is 2.39. The van der Waals surface area contributed by atoms with E-state index in [2.05, 4.69) is 15.6 Å². The minimum Gasteiger partial charge on any atom is -0.329 e. The lowest BCUT2D eigenvalue weighted by atomic mass is 10.1. The molecule has 0 saturated heterocycles. The molecule has 0 atom stereocenters. The number of thioether (sulfide) groups is 1. The highest BCUT2D eigenvalue weighted by Crippen LogP contribution is 2.16. The quantitative estimate of drug-likeness (QED) is 0.628. The molecule has 0 saturated carbocycles. The van der Waals surface area contributed by atoms with E-state index in [1.165, 1.54) is 11.8 Å². The van der Waals surface area contributed by atoms with Gasteiger partial charge in [0.2, 0.25) is 5.91 Å². The first-order chi connectivity index (χ1) is 13.5. The molecule has 0 aliphatic rings. The Morgan fingerprint density at radius 2 is 1.93 bits per heavy atom. The summed E-state index contributed by atoms with van der Waals surface area (Å²) in [7, 11) is 1.87. The summed E-state index contributed by atoms with van der Waals surface area (Å²) in [5.74, 6) is -0.209. The number of aromatic nitrogens is 2. The Labute approximate surface area is 166 Å². The van der Waals surface area contributed by atoms with E-state index in [1.54, 1.807) is 54.7 Å². The van der Waals surface area contributed by atoms with Crippen molar-refractivity contribution in [2.75, 3.05) is 16.4 Å².